The monoisotopic (exact) mass is 407 g/mol. The van der Waals surface area contributed by atoms with Gasteiger partial charge in [-0.05, 0) is 67.7 Å². The summed E-state index contributed by atoms with van der Waals surface area (Å²) in [6.07, 6.45) is 5.54. The summed E-state index contributed by atoms with van der Waals surface area (Å²) in [4.78, 5) is 17.0. The molecule has 2 aliphatic rings. The second kappa shape index (κ2) is 9.52. The summed E-state index contributed by atoms with van der Waals surface area (Å²) in [5.41, 5.74) is 4.30. The lowest BCUT2D eigenvalue weighted by Gasteiger charge is -2.28. The minimum absolute atomic E-state index is 0.0573. The molecule has 0 radical (unpaired) electrons. The molecule has 4 rings (SSSR count). The molecule has 1 fully saturated rings. The molecule has 0 saturated carbocycles. The first-order valence-electron chi connectivity index (χ1n) is 11.2. The largest absolute Gasteiger partial charge is 0.494 e. The van der Waals surface area contributed by atoms with Gasteiger partial charge < -0.3 is 19.9 Å². The van der Waals surface area contributed by atoms with Gasteiger partial charge in [0, 0.05) is 44.4 Å². The molecule has 1 saturated heterocycles. The number of piperidine rings is 1. The van der Waals surface area contributed by atoms with Crippen LogP contribution in [0.2, 0.25) is 0 Å². The molecule has 0 spiro atoms. The number of benzene rings is 2. The van der Waals surface area contributed by atoms with Crippen molar-refractivity contribution in [2.75, 3.05) is 50.6 Å². The molecule has 1 atom stereocenters. The lowest BCUT2D eigenvalue weighted by Crippen LogP contribution is -2.31. The molecule has 30 heavy (non-hydrogen) atoms. The normalized spacial score (nSPS) is 19.1. The van der Waals surface area contributed by atoms with E-state index in [1.54, 1.807) is 0 Å². The average Bonchev–Trinajstić information content (AvgIpc) is 2.76. The van der Waals surface area contributed by atoms with Crippen LogP contribution in [0.15, 0.2) is 42.5 Å². The molecule has 0 aliphatic carbocycles. The quantitative estimate of drug-likeness (QED) is 0.688. The Balaban J connectivity index is 1.42. The van der Waals surface area contributed by atoms with Crippen molar-refractivity contribution in [2.45, 2.75) is 38.0 Å². The number of nitrogens with zero attached hydrogens (tertiary/aromatic N) is 2. The van der Waals surface area contributed by atoms with Gasteiger partial charge in [-0.15, -0.1) is 0 Å². The second-order valence-electron chi connectivity index (χ2n) is 8.65. The lowest BCUT2D eigenvalue weighted by molar-refractivity contribution is -0.116. The van der Waals surface area contributed by atoms with Crippen molar-refractivity contribution in [3.05, 3.63) is 53.6 Å². The smallest absolute Gasteiger partial charge is 0.225 e. The predicted octanol–water partition coefficient (Wildman–Crippen LogP) is 4.48. The highest BCUT2D eigenvalue weighted by atomic mass is 16.5. The Morgan fingerprint density at radius 2 is 1.93 bits per heavy atom. The van der Waals surface area contributed by atoms with E-state index < -0.39 is 0 Å². The molecule has 0 bridgehead atoms. The SMILES string of the molecule is CN(C)c1ccc2c(c1)NC(=O)CC2c1cccc(OCCCN2CCCCC2)c1. The van der Waals surface area contributed by atoms with Crippen molar-refractivity contribution in [1.82, 2.24) is 4.90 Å². The zero-order valence-corrected chi connectivity index (χ0v) is 18.2. The fourth-order valence-corrected chi connectivity index (χ4v) is 4.51. The Hall–Kier alpha value is -2.53. The number of hydrogen-bond acceptors (Lipinski definition) is 4. The maximum atomic E-state index is 12.4. The lowest BCUT2D eigenvalue weighted by atomic mass is 9.84. The molecule has 1 N–H and O–H groups in total. The van der Waals surface area contributed by atoms with Gasteiger partial charge in [0.2, 0.25) is 5.91 Å². The van der Waals surface area contributed by atoms with Gasteiger partial charge in [0.15, 0.2) is 0 Å². The predicted molar refractivity (Wildman–Crippen MR) is 123 cm³/mol. The molecular weight excluding hydrogens is 374 g/mol. The van der Waals surface area contributed by atoms with Crippen LogP contribution in [0.25, 0.3) is 0 Å². The zero-order chi connectivity index (χ0) is 20.9. The fraction of sp³-hybridized carbons (Fsp3) is 0.480. The first-order valence-corrected chi connectivity index (χ1v) is 11.2. The Morgan fingerprint density at radius 1 is 1.10 bits per heavy atom. The number of hydrogen-bond donors (Lipinski definition) is 1. The second-order valence-corrected chi connectivity index (χ2v) is 8.65. The van der Waals surface area contributed by atoms with E-state index in [9.17, 15) is 4.79 Å². The first-order chi connectivity index (χ1) is 14.6. The third-order valence-corrected chi connectivity index (χ3v) is 6.19. The minimum atomic E-state index is 0.0573. The van der Waals surface area contributed by atoms with Crippen molar-refractivity contribution in [1.29, 1.82) is 0 Å². The highest BCUT2D eigenvalue weighted by Crippen LogP contribution is 2.39. The molecule has 2 aromatic carbocycles. The number of anilines is 2. The van der Waals surface area contributed by atoms with Gasteiger partial charge >= 0.3 is 0 Å². The van der Waals surface area contributed by atoms with Crippen molar-refractivity contribution in [3.8, 4) is 5.75 Å². The van der Waals surface area contributed by atoms with Crippen molar-refractivity contribution >= 4 is 17.3 Å². The van der Waals surface area contributed by atoms with Crippen LogP contribution >= 0.6 is 0 Å². The molecule has 5 heteroatoms. The van der Waals surface area contributed by atoms with Crippen molar-refractivity contribution in [2.24, 2.45) is 0 Å². The summed E-state index contributed by atoms with van der Waals surface area (Å²) in [5, 5.41) is 3.04. The number of likely N-dealkylation sites (tertiary alicyclic amines) is 1. The molecule has 1 unspecified atom stereocenters. The maximum absolute atomic E-state index is 12.4. The molecule has 2 aliphatic heterocycles. The van der Waals surface area contributed by atoms with Crippen LogP contribution in [0.5, 0.6) is 5.75 Å². The highest BCUT2D eigenvalue weighted by molar-refractivity contribution is 5.96. The number of carbonyl (C=O) groups excluding carboxylic acids is 1. The van der Waals surface area contributed by atoms with Crippen molar-refractivity contribution in [3.63, 3.8) is 0 Å². The third kappa shape index (κ3) is 4.96. The van der Waals surface area contributed by atoms with E-state index in [1.807, 2.05) is 26.2 Å². The van der Waals surface area contributed by atoms with Gasteiger partial charge in [0.25, 0.3) is 0 Å². The Bertz CT molecular complexity index is 874. The van der Waals surface area contributed by atoms with Crippen molar-refractivity contribution < 1.29 is 9.53 Å². The summed E-state index contributed by atoms with van der Waals surface area (Å²) in [6.45, 7) is 4.31. The number of carbonyl (C=O) groups is 1. The van der Waals surface area contributed by atoms with Gasteiger partial charge in [0.1, 0.15) is 5.75 Å². The van der Waals surface area contributed by atoms with E-state index >= 15 is 0 Å². The van der Waals surface area contributed by atoms with E-state index in [0.29, 0.717) is 6.42 Å². The summed E-state index contributed by atoms with van der Waals surface area (Å²) in [6, 6.07) is 14.6. The zero-order valence-electron chi connectivity index (χ0n) is 18.2. The highest BCUT2D eigenvalue weighted by Gasteiger charge is 2.27. The fourth-order valence-electron chi connectivity index (χ4n) is 4.51. The van der Waals surface area contributed by atoms with Crippen LogP contribution in [-0.4, -0.2) is 51.1 Å². The van der Waals surface area contributed by atoms with E-state index in [2.05, 4.69) is 45.4 Å². The number of rotatable bonds is 7. The Labute approximate surface area is 180 Å². The van der Waals surface area contributed by atoms with E-state index in [1.165, 1.54) is 37.9 Å². The number of fused-ring (bicyclic) bond motifs is 1. The molecule has 160 valence electrons. The summed E-state index contributed by atoms with van der Waals surface area (Å²) < 4.78 is 6.06. The third-order valence-electron chi connectivity index (χ3n) is 6.19. The van der Waals surface area contributed by atoms with E-state index in [4.69, 9.17) is 4.74 Å². The first kappa shape index (κ1) is 20.7. The summed E-state index contributed by atoms with van der Waals surface area (Å²) in [5.74, 6) is 1.02. The molecule has 1 amide bonds. The van der Waals surface area contributed by atoms with E-state index in [-0.39, 0.29) is 11.8 Å². The van der Waals surface area contributed by atoms with Gasteiger partial charge in [-0.3, -0.25) is 4.79 Å². The Morgan fingerprint density at radius 3 is 2.73 bits per heavy atom. The summed E-state index contributed by atoms with van der Waals surface area (Å²) >= 11 is 0. The van der Waals surface area contributed by atoms with Gasteiger partial charge in [0.05, 0.1) is 6.61 Å². The topological polar surface area (TPSA) is 44.8 Å². The van der Waals surface area contributed by atoms with Crippen LogP contribution in [-0.2, 0) is 4.79 Å². The molecule has 5 nitrogen and oxygen atoms in total. The van der Waals surface area contributed by atoms with Gasteiger partial charge in [-0.2, -0.15) is 0 Å². The molecule has 2 aromatic rings. The van der Waals surface area contributed by atoms with Crippen LogP contribution in [0.4, 0.5) is 11.4 Å². The Kier molecular flexibility index (Phi) is 6.58. The number of nitrogens with one attached hydrogen (secondary N) is 1. The van der Waals surface area contributed by atoms with Crippen LogP contribution in [0, 0.1) is 0 Å². The van der Waals surface area contributed by atoms with Gasteiger partial charge in [-0.25, -0.2) is 0 Å². The van der Waals surface area contributed by atoms with Crippen LogP contribution in [0.3, 0.4) is 0 Å². The van der Waals surface area contributed by atoms with Crippen LogP contribution in [0.1, 0.15) is 49.1 Å². The molecular formula is C25H33N3O2. The van der Waals surface area contributed by atoms with Gasteiger partial charge in [-0.1, -0.05) is 24.6 Å². The number of ether oxygens (including phenoxy) is 1. The number of amides is 1. The van der Waals surface area contributed by atoms with E-state index in [0.717, 1.165) is 42.3 Å². The minimum Gasteiger partial charge on any atom is -0.494 e. The molecule has 0 aromatic heterocycles. The van der Waals surface area contributed by atoms with Crippen LogP contribution < -0.4 is 15.0 Å². The summed E-state index contributed by atoms with van der Waals surface area (Å²) in [7, 11) is 4.02. The maximum Gasteiger partial charge on any atom is 0.225 e. The standard InChI is InChI=1S/C25H33N3O2/c1-27(2)20-10-11-22-23(18-25(29)26-24(22)17-20)19-8-6-9-21(16-19)30-15-7-14-28-12-4-3-5-13-28/h6,8-11,16-17,23H,3-5,7,12-15,18H2,1-2H3,(H,26,29). The molecule has 2 heterocycles. The average molecular weight is 408 g/mol.